The van der Waals surface area contributed by atoms with Crippen LogP contribution in [0.3, 0.4) is 0 Å². The number of halogens is 2. The van der Waals surface area contributed by atoms with Gasteiger partial charge in [0.2, 0.25) is 12.2 Å². The molecule has 13 heavy (non-hydrogen) atoms. The minimum Gasteiger partial charge on any atom is -0.342 e. The Bertz CT molecular complexity index is 396. The smallest absolute Gasteiger partial charge is 0.214 e. The number of rotatable bonds is 1. The minimum absolute atomic E-state index is 0.305. The van der Waals surface area contributed by atoms with E-state index in [1.165, 1.54) is 18.5 Å². The van der Waals surface area contributed by atoms with Gasteiger partial charge in [0.05, 0.1) is 0 Å². The summed E-state index contributed by atoms with van der Waals surface area (Å²) >= 11 is 5.64. The standard InChI is InChI=1S/C8H4ClFN2O/c9-6-1-5(2-7(10)3-6)8-11-4-13-12-8/h1-4H. The van der Waals surface area contributed by atoms with Crippen molar-refractivity contribution in [2.24, 2.45) is 0 Å². The van der Waals surface area contributed by atoms with Crippen molar-refractivity contribution in [2.75, 3.05) is 0 Å². The molecule has 0 N–H and O–H groups in total. The summed E-state index contributed by atoms with van der Waals surface area (Å²) in [5, 5.41) is 3.86. The van der Waals surface area contributed by atoms with Crippen LogP contribution in [0.5, 0.6) is 0 Å². The molecule has 0 aliphatic rings. The first-order valence-corrected chi connectivity index (χ1v) is 3.86. The van der Waals surface area contributed by atoms with Crippen molar-refractivity contribution < 1.29 is 8.91 Å². The number of hydrogen-bond acceptors (Lipinski definition) is 3. The molecule has 1 heterocycles. The third kappa shape index (κ3) is 1.67. The second kappa shape index (κ2) is 3.14. The Labute approximate surface area is 78.1 Å². The minimum atomic E-state index is -0.424. The first kappa shape index (κ1) is 8.19. The summed E-state index contributed by atoms with van der Waals surface area (Å²) in [6, 6.07) is 4.07. The third-order valence-corrected chi connectivity index (χ3v) is 1.70. The van der Waals surface area contributed by atoms with Crippen molar-refractivity contribution in [3.63, 3.8) is 0 Å². The zero-order chi connectivity index (χ0) is 9.26. The molecule has 0 atom stereocenters. The maximum absolute atomic E-state index is 12.8. The molecular weight excluding hydrogens is 195 g/mol. The Kier molecular flexibility index (Phi) is 1.98. The highest BCUT2D eigenvalue weighted by Crippen LogP contribution is 2.20. The lowest BCUT2D eigenvalue weighted by Crippen LogP contribution is -1.82. The molecule has 0 saturated heterocycles. The maximum Gasteiger partial charge on any atom is 0.214 e. The molecule has 0 bridgehead atoms. The highest BCUT2D eigenvalue weighted by molar-refractivity contribution is 6.30. The average Bonchev–Trinajstić information content (AvgIpc) is 2.53. The highest BCUT2D eigenvalue weighted by atomic mass is 35.5. The van der Waals surface area contributed by atoms with Gasteiger partial charge < -0.3 is 4.52 Å². The van der Waals surface area contributed by atoms with E-state index in [4.69, 9.17) is 11.6 Å². The Morgan fingerprint density at radius 2 is 2.15 bits per heavy atom. The largest absolute Gasteiger partial charge is 0.342 e. The molecule has 5 heteroatoms. The lowest BCUT2D eigenvalue weighted by molar-refractivity contribution is 0.418. The van der Waals surface area contributed by atoms with Gasteiger partial charge in [-0.15, -0.1) is 0 Å². The molecule has 3 nitrogen and oxygen atoms in total. The zero-order valence-corrected chi connectivity index (χ0v) is 7.12. The Morgan fingerprint density at radius 3 is 2.77 bits per heavy atom. The molecule has 1 aromatic carbocycles. The van der Waals surface area contributed by atoms with E-state index in [2.05, 4.69) is 14.7 Å². The summed E-state index contributed by atoms with van der Waals surface area (Å²) < 4.78 is 17.4. The van der Waals surface area contributed by atoms with E-state index >= 15 is 0 Å². The predicted molar refractivity (Wildman–Crippen MR) is 44.7 cm³/mol. The van der Waals surface area contributed by atoms with Gasteiger partial charge in [-0.2, -0.15) is 4.98 Å². The van der Waals surface area contributed by atoms with Crippen molar-refractivity contribution in [2.45, 2.75) is 0 Å². The normalized spacial score (nSPS) is 10.3. The fourth-order valence-corrected chi connectivity index (χ4v) is 1.20. The van der Waals surface area contributed by atoms with E-state index in [9.17, 15) is 4.39 Å². The van der Waals surface area contributed by atoms with E-state index in [1.807, 2.05) is 0 Å². The van der Waals surface area contributed by atoms with Crippen LogP contribution in [0.4, 0.5) is 4.39 Å². The van der Waals surface area contributed by atoms with Gasteiger partial charge in [0.15, 0.2) is 0 Å². The van der Waals surface area contributed by atoms with Gasteiger partial charge in [0.25, 0.3) is 0 Å². The van der Waals surface area contributed by atoms with Gasteiger partial charge in [-0.25, -0.2) is 4.39 Å². The first-order valence-electron chi connectivity index (χ1n) is 3.48. The fourth-order valence-electron chi connectivity index (χ4n) is 0.981. The van der Waals surface area contributed by atoms with E-state index in [0.29, 0.717) is 16.4 Å². The SMILES string of the molecule is Fc1cc(Cl)cc(-c2ncon2)c1. The van der Waals surface area contributed by atoms with Crippen LogP contribution in [0, 0.1) is 5.82 Å². The van der Waals surface area contributed by atoms with Crippen LogP contribution >= 0.6 is 11.6 Å². The van der Waals surface area contributed by atoms with Crippen molar-refractivity contribution in [3.8, 4) is 11.4 Å². The Balaban J connectivity index is 2.53. The summed E-state index contributed by atoms with van der Waals surface area (Å²) in [6.45, 7) is 0. The van der Waals surface area contributed by atoms with Gasteiger partial charge in [-0.05, 0) is 18.2 Å². The average molecular weight is 199 g/mol. The van der Waals surface area contributed by atoms with Gasteiger partial charge >= 0.3 is 0 Å². The topological polar surface area (TPSA) is 38.9 Å². The van der Waals surface area contributed by atoms with Crippen molar-refractivity contribution >= 4 is 11.6 Å². The predicted octanol–water partition coefficient (Wildman–Crippen LogP) is 2.53. The number of nitrogens with zero attached hydrogens (tertiary/aromatic N) is 2. The molecule has 0 fully saturated rings. The van der Waals surface area contributed by atoms with Gasteiger partial charge in [-0.1, -0.05) is 16.8 Å². The van der Waals surface area contributed by atoms with Crippen LogP contribution in [0.2, 0.25) is 5.02 Å². The van der Waals surface area contributed by atoms with Crippen molar-refractivity contribution in [1.29, 1.82) is 0 Å². The molecule has 2 rings (SSSR count). The molecule has 0 amide bonds. The quantitative estimate of drug-likeness (QED) is 0.707. The third-order valence-electron chi connectivity index (χ3n) is 1.48. The molecule has 0 unspecified atom stereocenters. The number of aromatic nitrogens is 2. The molecular formula is C8H4ClFN2O. The molecule has 1 aromatic heterocycles. The molecule has 2 aromatic rings. The number of benzene rings is 1. The van der Waals surface area contributed by atoms with Crippen LogP contribution in [0.1, 0.15) is 0 Å². The van der Waals surface area contributed by atoms with Crippen molar-refractivity contribution in [1.82, 2.24) is 10.1 Å². The number of hydrogen-bond donors (Lipinski definition) is 0. The van der Waals surface area contributed by atoms with E-state index in [0.717, 1.165) is 0 Å². The van der Waals surface area contributed by atoms with Gasteiger partial charge in [0.1, 0.15) is 5.82 Å². The van der Waals surface area contributed by atoms with Crippen LogP contribution in [0.15, 0.2) is 29.1 Å². The lowest BCUT2D eigenvalue weighted by Gasteiger charge is -1.95. The second-order valence-corrected chi connectivity index (χ2v) is 2.85. The highest BCUT2D eigenvalue weighted by Gasteiger charge is 2.05. The van der Waals surface area contributed by atoms with Gasteiger partial charge in [-0.3, -0.25) is 0 Å². The molecule has 0 aliphatic heterocycles. The van der Waals surface area contributed by atoms with Crippen LogP contribution in [-0.2, 0) is 0 Å². The monoisotopic (exact) mass is 198 g/mol. The lowest BCUT2D eigenvalue weighted by atomic mass is 10.2. The van der Waals surface area contributed by atoms with Gasteiger partial charge in [0, 0.05) is 10.6 Å². The van der Waals surface area contributed by atoms with E-state index in [-0.39, 0.29) is 0 Å². The summed E-state index contributed by atoms with van der Waals surface area (Å²) in [5.41, 5.74) is 0.499. The van der Waals surface area contributed by atoms with E-state index < -0.39 is 5.82 Å². The summed E-state index contributed by atoms with van der Waals surface area (Å²) in [7, 11) is 0. The summed E-state index contributed by atoms with van der Waals surface area (Å²) in [5.74, 6) is -0.103. The fraction of sp³-hybridized carbons (Fsp3) is 0. The molecule has 0 spiro atoms. The van der Waals surface area contributed by atoms with Crippen LogP contribution < -0.4 is 0 Å². The molecule has 0 radical (unpaired) electrons. The summed E-state index contributed by atoms with van der Waals surface area (Å²) in [4.78, 5) is 3.77. The Hall–Kier alpha value is -1.42. The van der Waals surface area contributed by atoms with E-state index in [1.54, 1.807) is 6.07 Å². The Morgan fingerprint density at radius 1 is 1.31 bits per heavy atom. The first-order chi connectivity index (χ1) is 6.25. The molecule has 0 aliphatic carbocycles. The maximum atomic E-state index is 12.8. The second-order valence-electron chi connectivity index (χ2n) is 2.41. The molecule has 0 saturated carbocycles. The van der Waals surface area contributed by atoms with Crippen molar-refractivity contribution in [3.05, 3.63) is 35.4 Å². The summed E-state index contributed by atoms with van der Waals surface area (Å²) in [6.07, 6.45) is 1.17. The molecule has 66 valence electrons. The van der Waals surface area contributed by atoms with Crippen LogP contribution in [0.25, 0.3) is 11.4 Å². The van der Waals surface area contributed by atoms with Crippen LogP contribution in [-0.4, -0.2) is 10.1 Å². The zero-order valence-electron chi connectivity index (χ0n) is 6.37.